The van der Waals surface area contributed by atoms with Gasteiger partial charge in [-0.25, -0.2) is 0 Å². The van der Waals surface area contributed by atoms with E-state index in [9.17, 15) is 4.79 Å². The molecule has 0 aromatic heterocycles. The van der Waals surface area contributed by atoms with Crippen LogP contribution in [0.2, 0.25) is 0 Å². The molecule has 4 nitrogen and oxygen atoms in total. The number of nitrogens with one attached hydrogen (secondary N) is 1. The second-order valence-electron chi connectivity index (χ2n) is 6.00. The van der Waals surface area contributed by atoms with Gasteiger partial charge in [0.1, 0.15) is 0 Å². The summed E-state index contributed by atoms with van der Waals surface area (Å²) in [6.45, 7) is 8.94. The first-order valence-electron chi connectivity index (χ1n) is 7.55. The zero-order chi connectivity index (χ0) is 16.0. The van der Waals surface area contributed by atoms with Crippen LogP contribution in [0.4, 0.5) is 5.69 Å². The lowest BCUT2D eigenvalue weighted by Crippen LogP contribution is -2.28. The van der Waals surface area contributed by atoms with Gasteiger partial charge in [-0.2, -0.15) is 0 Å². The molecule has 5 heteroatoms. The minimum absolute atomic E-state index is 0. The predicted molar refractivity (Wildman–Crippen MR) is 95.0 cm³/mol. The molecule has 1 amide bonds. The van der Waals surface area contributed by atoms with Crippen molar-refractivity contribution in [2.24, 2.45) is 5.73 Å². The molecule has 0 aliphatic rings. The number of ether oxygens (including phenoxy) is 1. The summed E-state index contributed by atoms with van der Waals surface area (Å²) in [6.07, 6.45) is 0.0404. The number of rotatable bonds is 7. The van der Waals surface area contributed by atoms with Crippen LogP contribution in [0.5, 0.6) is 0 Å². The zero-order valence-electron chi connectivity index (χ0n) is 14.2. The van der Waals surface area contributed by atoms with Crippen LogP contribution in [-0.4, -0.2) is 25.7 Å². The van der Waals surface area contributed by atoms with Crippen LogP contribution in [0.15, 0.2) is 18.2 Å². The summed E-state index contributed by atoms with van der Waals surface area (Å²) in [5, 5.41) is 2.98. The monoisotopic (exact) mass is 328 g/mol. The largest absolute Gasteiger partial charge is 0.380 e. The van der Waals surface area contributed by atoms with Crippen LogP contribution < -0.4 is 11.1 Å². The summed E-state index contributed by atoms with van der Waals surface area (Å²) in [4.78, 5) is 12.1. The van der Waals surface area contributed by atoms with Crippen molar-refractivity contribution in [2.45, 2.75) is 52.1 Å². The molecule has 1 aromatic rings. The molecule has 0 bridgehead atoms. The van der Waals surface area contributed by atoms with E-state index in [0.29, 0.717) is 18.4 Å². The fraction of sp³-hybridized carbons (Fsp3) is 0.588. The van der Waals surface area contributed by atoms with Crippen LogP contribution in [0, 0.1) is 0 Å². The number of carbonyl (C=O) groups excluding carboxylic acids is 1. The number of nitrogens with two attached hydrogens (primary N) is 1. The smallest absolute Gasteiger partial charge is 0.227 e. The molecule has 0 saturated carbocycles. The van der Waals surface area contributed by atoms with Crippen molar-refractivity contribution in [3.8, 4) is 0 Å². The highest BCUT2D eigenvalue weighted by Crippen LogP contribution is 2.28. The summed E-state index contributed by atoms with van der Waals surface area (Å²) in [6, 6.07) is 6.25. The Morgan fingerprint density at radius 2 is 1.86 bits per heavy atom. The molecule has 1 rings (SSSR count). The van der Waals surface area contributed by atoms with Gasteiger partial charge < -0.3 is 15.8 Å². The van der Waals surface area contributed by atoms with E-state index in [1.54, 1.807) is 7.11 Å². The molecular weight excluding hydrogens is 300 g/mol. The summed E-state index contributed by atoms with van der Waals surface area (Å²) < 4.78 is 5.15. The summed E-state index contributed by atoms with van der Waals surface area (Å²) >= 11 is 0. The van der Waals surface area contributed by atoms with Crippen molar-refractivity contribution < 1.29 is 9.53 Å². The van der Waals surface area contributed by atoms with E-state index in [0.717, 1.165) is 11.3 Å². The maximum Gasteiger partial charge on any atom is 0.227 e. The van der Waals surface area contributed by atoms with E-state index >= 15 is 0 Å². The van der Waals surface area contributed by atoms with Gasteiger partial charge in [0.05, 0.1) is 12.5 Å². The van der Waals surface area contributed by atoms with Gasteiger partial charge in [-0.3, -0.25) is 4.79 Å². The lowest BCUT2D eigenvalue weighted by molar-refractivity contribution is -0.118. The van der Waals surface area contributed by atoms with Gasteiger partial charge in [0.15, 0.2) is 0 Å². The minimum Gasteiger partial charge on any atom is -0.380 e. The lowest BCUT2D eigenvalue weighted by Gasteiger charge is -2.18. The first-order chi connectivity index (χ1) is 9.88. The zero-order valence-corrected chi connectivity index (χ0v) is 15.0. The Bertz CT molecular complexity index is 472. The Labute approximate surface area is 140 Å². The summed E-state index contributed by atoms with van der Waals surface area (Å²) in [5.41, 5.74) is 8.88. The van der Waals surface area contributed by atoms with Crippen molar-refractivity contribution in [3.63, 3.8) is 0 Å². The van der Waals surface area contributed by atoms with Crippen LogP contribution in [-0.2, 0) is 9.53 Å². The molecule has 1 atom stereocenters. The number of methoxy groups -OCH3 is 1. The molecule has 3 N–H and O–H groups in total. The minimum atomic E-state index is -0.234. The Morgan fingerprint density at radius 3 is 2.32 bits per heavy atom. The molecule has 0 saturated heterocycles. The average Bonchev–Trinajstić information content (AvgIpc) is 2.44. The quantitative estimate of drug-likeness (QED) is 0.802. The SMILES string of the molecule is COC(CN)CC(=O)Nc1ccc(C(C)C)cc1C(C)C.Cl. The van der Waals surface area contributed by atoms with E-state index < -0.39 is 0 Å². The normalized spacial score (nSPS) is 12.2. The number of halogens is 1. The fourth-order valence-electron chi connectivity index (χ4n) is 2.20. The Hall–Kier alpha value is -1.10. The van der Waals surface area contributed by atoms with Gasteiger partial charge >= 0.3 is 0 Å². The third-order valence-corrected chi connectivity index (χ3v) is 3.65. The number of carbonyl (C=O) groups is 1. The Kier molecular flexibility index (Phi) is 9.33. The number of hydrogen-bond acceptors (Lipinski definition) is 3. The van der Waals surface area contributed by atoms with Crippen LogP contribution in [0.1, 0.15) is 57.1 Å². The van der Waals surface area contributed by atoms with Crippen molar-refractivity contribution in [1.82, 2.24) is 0 Å². The van der Waals surface area contributed by atoms with E-state index in [1.165, 1.54) is 5.56 Å². The Morgan fingerprint density at radius 1 is 1.23 bits per heavy atom. The number of benzene rings is 1. The molecule has 0 radical (unpaired) electrons. The van der Waals surface area contributed by atoms with Gasteiger partial charge in [0.25, 0.3) is 0 Å². The van der Waals surface area contributed by atoms with E-state index in [1.807, 2.05) is 6.07 Å². The van der Waals surface area contributed by atoms with E-state index in [-0.39, 0.29) is 30.8 Å². The standard InChI is InChI=1S/C17H28N2O2.ClH/c1-11(2)13-6-7-16(15(8-13)12(3)4)19-17(20)9-14(10-18)21-5;/h6-8,11-12,14H,9-10,18H2,1-5H3,(H,19,20);1H. The molecule has 1 aromatic carbocycles. The maximum atomic E-state index is 12.1. The van der Waals surface area contributed by atoms with Gasteiger partial charge in [-0.05, 0) is 29.0 Å². The van der Waals surface area contributed by atoms with Crippen molar-refractivity contribution in [3.05, 3.63) is 29.3 Å². The third kappa shape index (κ3) is 5.95. The molecular formula is C17H29ClN2O2. The van der Waals surface area contributed by atoms with Gasteiger partial charge in [-0.15, -0.1) is 12.4 Å². The van der Waals surface area contributed by atoms with Crippen LogP contribution in [0.25, 0.3) is 0 Å². The maximum absolute atomic E-state index is 12.1. The van der Waals surface area contributed by atoms with Crippen molar-refractivity contribution in [2.75, 3.05) is 19.0 Å². The molecule has 0 heterocycles. The number of anilines is 1. The van der Waals surface area contributed by atoms with E-state index in [2.05, 4.69) is 45.1 Å². The summed E-state index contributed by atoms with van der Waals surface area (Å²) in [7, 11) is 1.57. The molecule has 0 fully saturated rings. The molecule has 1 unspecified atom stereocenters. The fourth-order valence-corrected chi connectivity index (χ4v) is 2.20. The molecule has 126 valence electrons. The first kappa shape index (κ1) is 20.9. The second-order valence-corrected chi connectivity index (χ2v) is 6.00. The summed E-state index contributed by atoms with van der Waals surface area (Å²) in [5.74, 6) is 0.764. The first-order valence-corrected chi connectivity index (χ1v) is 7.55. The van der Waals surface area contributed by atoms with Gasteiger partial charge in [0.2, 0.25) is 5.91 Å². The average molecular weight is 329 g/mol. The second kappa shape index (κ2) is 9.82. The third-order valence-electron chi connectivity index (χ3n) is 3.65. The van der Waals surface area contributed by atoms with E-state index in [4.69, 9.17) is 10.5 Å². The van der Waals surface area contributed by atoms with Crippen molar-refractivity contribution >= 4 is 24.0 Å². The highest BCUT2D eigenvalue weighted by molar-refractivity contribution is 5.92. The molecule has 0 aliphatic carbocycles. The number of hydrogen-bond donors (Lipinski definition) is 2. The predicted octanol–water partition coefficient (Wildman–Crippen LogP) is 3.66. The Balaban J connectivity index is 0.00000441. The van der Waals surface area contributed by atoms with Gasteiger partial charge in [0, 0.05) is 19.3 Å². The highest BCUT2D eigenvalue weighted by Gasteiger charge is 2.15. The highest BCUT2D eigenvalue weighted by atomic mass is 35.5. The molecule has 0 spiro atoms. The van der Waals surface area contributed by atoms with Gasteiger partial charge in [-0.1, -0.05) is 39.8 Å². The van der Waals surface area contributed by atoms with Crippen LogP contribution >= 0.6 is 12.4 Å². The van der Waals surface area contributed by atoms with Crippen molar-refractivity contribution in [1.29, 1.82) is 0 Å². The molecule has 0 aliphatic heterocycles. The topological polar surface area (TPSA) is 64.3 Å². The number of amides is 1. The van der Waals surface area contributed by atoms with Crippen LogP contribution in [0.3, 0.4) is 0 Å². The molecule has 22 heavy (non-hydrogen) atoms. The lowest BCUT2D eigenvalue weighted by atomic mass is 9.94.